The van der Waals surface area contributed by atoms with Gasteiger partial charge >= 0.3 is 0 Å². The fourth-order valence-corrected chi connectivity index (χ4v) is 2.88. The van der Waals surface area contributed by atoms with Gasteiger partial charge in [0.05, 0.1) is 17.8 Å². The zero-order valence-corrected chi connectivity index (χ0v) is 14.7. The summed E-state index contributed by atoms with van der Waals surface area (Å²) in [6, 6.07) is 20.3. The van der Waals surface area contributed by atoms with Gasteiger partial charge in [-0.25, -0.2) is 4.68 Å². The number of rotatable bonds is 8. The van der Waals surface area contributed by atoms with E-state index in [2.05, 4.69) is 36.3 Å². The average Bonchev–Trinajstić information content (AvgIpc) is 3.10. The minimum atomic E-state index is 0.194. The standard InChI is InChI=1S/C22H24N2O/c1-2-3-7-18-10-12-19(13-11-18)16-22(25)17-20-14-15-24(23-20)21-8-5-4-6-9-21/h4-6,8-15H,2-3,7,16-17H2,1H3. The summed E-state index contributed by atoms with van der Waals surface area (Å²) in [4.78, 5) is 12.3. The van der Waals surface area contributed by atoms with Gasteiger partial charge in [-0.15, -0.1) is 0 Å². The molecule has 0 bridgehead atoms. The van der Waals surface area contributed by atoms with Gasteiger partial charge in [0.25, 0.3) is 0 Å². The summed E-state index contributed by atoms with van der Waals surface area (Å²) in [5, 5.41) is 4.51. The molecule has 0 aliphatic heterocycles. The van der Waals surface area contributed by atoms with Crippen molar-refractivity contribution in [3.05, 3.63) is 83.7 Å². The van der Waals surface area contributed by atoms with E-state index in [1.54, 1.807) is 0 Å². The number of benzene rings is 2. The number of carbonyl (C=O) groups excluding carboxylic acids is 1. The molecule has 3 rings (SSSR count). The van der Waals surface area contributed by atoms with Crippen LogP contribution < -0.4 is 0 Å². The molecule has 25 heavy (non-hydrogen) atoms. The van der Waals surface area contributed by atoms with Crippen LogP contribution in [-0.2, 0) is 24.1 Å². The van der Waals surface area contributed by atoms with Gasteiger partial charge in [0.2, 0.25) is 0 Å². The highest BCUT2D eigenvalue weighted by molar-refractivity contribution is 5.82. The molecule has 0 saturated heterocycles. The third-order valence-electron chi connectivity index (χ3n) is 4.29. The van der Waals surface area contributed by atoms with Crippen LogP contribution in [-0.4, -0.2) is 15.6 Å². The molecule has 3 nitrogen and oxygen atoms in total. The largest absolute Gasteiger partial charge is 0.299 e. The van der Waals surface area contributed by atoms with E-state index < -0.39 is 0 Å². The fourth-order valence-electron chi connectivity index (χ4n) is 2.88. The van der Waals surface area contributed by atoms with Crippen molar-refractivity contribution in [1.82, 2.24) is 9.78 Å². The number of hydrogen-bond donors (Lipinski definition) is 0. The van der Waals surface area contributed by atoms with E-state index in [4.69, 9.17) is 0 Å². The molecule has 128 valence electrons. The molecule has 0 N–H and O–H groups in total. The molecule has 0 radical (unpaired) electrons. The van der Waals surface area contributed by atoms with Crippen LogP contribution >= 0.6 is 0 Å². The highest BCUT2D eigenvalue weighted by Crippen LogP contribution is 2.11. The van der Waals surface area contributed by atoms with Crippen molar-refractivity contribution < 1.29 is 4.79 Å². The van der Waals surface area contributed by atoms with Crippen LogP contribution in [0.4, 0.5) is 0 Å². The van der Waals surface area contributed by atoms with Gasteiger partial charge in [0.1, 0.15) is 5.78 Å². The predicted molar refractivity (Wildman–Crippen MR) is 101 cm³/mol. The van der Waals surface area contributed by atoms with Crippen molar-refractivity contribution >= 4 is 5.78 Å². The zero-order chi connectivity index (χ0) is 17.5. The summed E-state index contributed by atoms with van der Waals surface area (Å²) in [5.74, 6) is 0.194. The summed E-state index contributed by atoms with van der Waals surface area (Å²) in [6.07, 6.45) is 6.27. The summed E-state index contributed by atoms with van der Waals surface area (Å²) < 4.78 is 1.81. The second-order valence-corrected chi connectivity index (χ2v) is 6.40. The number of carbonyl (C=O) groups is 1. The topological polar surface area (TPSA) is 34.9 Å². The normalized spacial score (nSPS) is 10.8. The van der Waals surface area contributed by atoms with E-state index in [0.717, 1.165) is 23.4 Å². The predicted octanol–water partition coefficient (Wildman–Crippen LogP) is 4.57. The van der Waals surface area contributed by atoms with Crippen LogP contribution in [0.15, 0.2) is 66.9 Å². The molecule has 0 spiro atoms. The first kappa shape index (κ1) is 17.2. The Kier molecular flexibility index (Phi) is 5.78. The minimum Gasteiger partial charge on any atom is -0.299 e. The van der Waals surface area contributed by atoms with Gasteiger partial charge in [-0.05, 0) is 42.2 Å². The first-order chi connectivity index (χ1) is 12.2. The first-order valence-electron chi connectivity index (χ1n) is 8.94. The Hall–Kier alpha value is -2.68. The third kappa shape index (κ3) is 4.90. The smallest absolute Gasteiger partial charge is 0.143 e. The van der Waals surface area contributed by atoms with E-state index in [-0.39, 0.29) is 5.78 Å². The Labute approximate surface area is 149 Å². The summed E-state index contributed by atoms with van der Waals surface area (Å²) in [6.45, 7) is 2.20. The molecule has 0 aliphatic carbocycles. The Morgan fingerprint density at radius 2 is 1.64 bits per heavy atom. The second kappa shape index (κ2) is 8.43. The first-order valence-corrected chi connectivity index (χ1v) is 8.94. The molecular weight excluding hydrogens is 308 g/mol. The van der Waals surface area contributed by atoms with Gasteiger partial charge in [-0.2, -0.15) is 5.10 Å². The van der Waals surface area contributed by atoms with Crippen LogP contribution in [0.2, 0.25) is 0 Å². The lowest BCUT2D eigenvalue weighted by molar-refractivity contribution is -0.117. The van der Waals surface area contributed by atoms with Gasteiger partial charge in [-0.3, -0.25) is 4.79 Å². The maximum Gasteiger partial charge on any atom is 0.143 e. The summed E-state index contributed by atoms with van der Waals surface area (Å²) in [5.41, 5.74) is 4.24. The lowest BCUT2D eigenvalue weighted by Gasteiger charge is -2.03. The van der Waals surface area contributed by atoms with Gasteiger partial charge < -0.3 is 0 Å². The summed E-state index contributed by atoms with van der Waals surface area (Å²) >= 11 is 0. The number of aromatic nitrogens is 2. The monoisotopic (exact) mass is 332 g/mol. The number of aryl methyl sites for hydroxylation is 1. The van der Waals surface area contributed by atoms with Crippen molar-refractivity contribution in [2.45, 2.75) is 39.0 Å². The molecule has 1 aromatic heterocycles. The quantitative estimate of drug-likeness (QED) is 0.606. The van der Waals surface area contributed by atoms with E-state index >= 15 is 0 Å². The van der Waals surface area contributed by atoms with Crippen molar-refractivity contribution in [2.24, 2.45) is 0 Å². The summed E-state index contributed by atoms with van der Waals surface area (Å²) in [7, 11) is 0. The Morgan fingerprint density at radius 3 is 2.36 bits per heavy atom. The third-order valence-corrected chi connectivity index (χ3v) is 4.29. The second-order valence-electron chi connectivity index (χ2n) is 6.40. The van der Waals surface area contributed by atoms with Crippen LogP contribution in [0.1, 0.15) is 36.6 Å². The highest BCUT2D eigenvalue weighted by atomic mass is 16.1. The van der Waals surface area contributed by atoms with Crippen molar-refractivity contribution in [1.29, 1.82) is 0 Å². The van der Waals surface area contributed by atoms with Crippen LogP contribution in [0.5, 0.6) is 0 Å². The molecule has 1 heterocycles. The molecule has 3 heteroatoms. The van der Waals surface area contributed by atoms with Gasteiger partial charge in [-0.1, -0.05) is 55.8 Å². The average molecular weight is 332 g/mol. The van der Waals surface area contributed by atoms with Crippen molar-refractivity contribution in [3.63, 3.8) is 0 Å². The molecular formula is C22H24N2O. The maximum atomic E-state index is 12.3. The Balaban J connectivity index is 1.57. The molecule has 3 aromatic rings. The number of hydrogen-bond acceptors (Lipinski definition) is 2. The molecule has 0 saturated carbocycles. The van der Waals surface area contributed by atoms with Crippen molar-refractivity contribution in [2.75, 3.05) is 0 Å². The number of unbranched alkanes of at least 4 members (excludes halogenated alkanes) is 1. The lowest BCUT2D eigenvalue weighted by atomic mass is 10.0. The van der Waals surface area contributed by atoms with Crippen LogP contribution in [0, 0.1) is 0 Å². The number of ketones is 1. The van der Waals surface area contributed by atoms with Gasteiger partial charge in [0, 0.05) is 12.6 Å². The maximum absolute atomic E-state index is 12.3. The highest BCUT2D eigenvalue weighted by Gasteiger charge is 2.08. The van der Waals surface area contributed by atoms with E-state index in [1.807, 2.05) is 47.3 Å². The Morgan fingerprint density at radius 1 is 0.920 bits per heavy atom. The SMILES string of the molecule is CCCCc1ccc(CC(=O)Cc2ccn(-c3ccccc3)n2)cc1. The Bertz CT molecular complexity index is 804. The minimum absolute atomic E-state index is 0.194. The van der Waals surface area contributed by atoms with E-state index in [9.17, 15) is 4.79 Å². The molecule has 0 aliphatic rings. The lowest BCUT2D eigenvalue weighted by Crippen LogP contribution is -2.07. The van der Waals surface area contributed by atoms with E-state index in [0.29, 0.717) is 12.8 Å². The molecule has 2 aromatic carbocycles. The van der Waals surface area contributed by atoms with E-state index in [1.165, 1.54) is 18.4 Å². The van der Waals surface area contributed by atoms with Crippen LogP contribution in [0.3, 0.4) is 0 Å². The molecule has 0 atom stereocenters. The van der Waals surface area contributed by atoms with Crippen LogP contribution in [0.25, 0.3) is 5.69 Å². The fraction of sp³-hybridized carbons (Fsp3) is 0.273. The zero-order valence-electron chi connectivity index (χ0n) is 14.7. The number of nitrogens with zero attached hydrogens (tertiary/aromatic N) is 2. The molecule has 0 fully saturated rings. The van der Waals surface area contributed by atoms with Gasteiger partial charge in [0.15, 0.2) is 0 Å². The van der Waals surface area contributed by atoms with Crippen molar-refractivity contribution in [3.8, 4) is 5.69 Å². The molecule has 0 unspecified atom stereocenters. The number of Topliss-reactive ketones (excluding diaryl/α,β-unsaturated/α-hetero) is 1. The molecule has 0 amide bonds. The number of para-hydroxylation sites is 1.